The van der Waals surface area contributed by atoms with Crippen molar-refractivity contribution in [2.24, 2.45) is 0 Å². The van der Waals surface area contributed by atoms with Gasteiger partial charge in [-0.2, -0.15) is 0 Å². The first kappa shape index (κ1) is 13.1. The van der Waals surface area contributed by atoms with Gasteiger partial charge < -0.3 is 5.11 Å². The van der Waals surface area contributed by atoms with Crippen LogP contribution in [0.1, 0.15) is 17.5 Å². The number of aromatic nitrogens is 1. The number of aliphatic carboxylic acids is 1. The summed E-state index contributed by atoms with van der Waals surface area (Å²) in [6.07, 6.45) is 0.398. The summed E-state index contributed by atoms with van der Waals surface area (Å²) in [6, 6.07) is 5.48. The Morgan fingerprint density at radius 1 is 1.33 bits per heavy atom. The fraction of sp³-hybridized carbons (Fsp3) is 0.231. The highest BCUT2D eigenvalue weighted by molar-refractivity contribution is 6.32. The molecule has 1 aromatic heterocycles. The number of rotatable bonds is 3. The van der Waals surface area contributed by atoms with Crippen LogP contribution < -0.4 is 0 Å². The second-order valence-corrected chi connectivity index (χ2v) is 4.92. The number of pyridine rings is 1. The number of hydrogen-bond donors (Lipinski definition) is 1. The normalized spacial score (nSPS) is 10.8. The van der Waals surface area contributed by atoms with E-state index in [2.05, 4.69) is 4.98 Å². The highest BCUT2D eigenvalue weighted by Gasteiger charge is 2.09. The van der Waals surface area contributed by atoms with Gasteiger partial charge >= 0.3 is 5.97 Å². The van der Waals surface area contributed by atoms with Crippen molar-refractivity contribution in [3.05, 3.63) is 39.5 Å². The van der Waals surface area contributed by atoms with Crippen LogP contribution >= 0.6 is 23.2 Å². The monoisotopic (exact) mass is 283 g/mol. The fourth-order valence-electron chi connectivity index (χ4n) is 1.86. The lowest BCUT2D eigenvalue weighted by Gasteiger charge is -2.07. The minimum absolute atomic E-state index is 0.0342. The summed E-state index contributed by atoms with van der Waals surface area (Å²) in [7, 11) is 0. The molecule has 18 heavy (non-hydrogen) atoms. The number of benzene rings is 1. The summed E-state index contributed by atoms with van der Waals surface area (Å²) >= 11 is 12.1. The molecule has 0 saturated carbocycles. The van der Waals surface area contributed by atoms with Crippen LogP contribution in [0.4, 0.5) is 0 Å². The second-order valence-electron chi connectivity index (χ2n) is 4.13. The van der Waals surface area contributed by atoms with E-state index in [1.807, 2.05) is 19.1 Å². The molecule has 0 fully saturated rings. The zero-order chi connectivity index (χ0) is 13.3. The van der Waals surface area contributed by atoms with Crippen molar-refractivity contribution in [2.75, 3.05) is 0 Å². The number of carboxylic acid groups (broad SMARTS) is 1. The molecule has 0 spiro atoms. The molecular formula is C13H11Cl2NO2. The molecule has 0 saturated heterocycles. The van der Waals surface area contributed by atoms with Crippen LogP contribution in [0.3, 0.4) is 0 Å². The lowest BCUT2D eigenvalue weighted by Crippen LogP contribution is -1.99. The Labute approximate surface area is 114 Å². The second kappa shape index (κ2) is 5.12. The Bertz CT molecular complexity index is 626. The van der Waals surface area contributed by atoms with Crippen LogP contribution in [0.2, 0.25) is 10.2 Å². The fourth-order valence-corrected chi connectivity index (χ4v) is 2.37. The molecule has 0 atom stereocenters. The zero-order valence-electron chi connectivity index (χ0n) is 9.70. The topological polar surface area (TPSA) is 50.2 Å². The van der Waals surface area contributed by atoms with Crippen molar-refractivity contribution < 1.29 is 9.90 Å². The summed E-state index contributed by atoms with van der Waals surface area (Å²) in [5, 5.41) is 10.6. The van der Waals surface area contributed by atoms with E-state index in [9.17, 15) is 4.79 Å². The molecule has 0 aliphatic carbocycles. The summed E-state index contributed by atoms with van der Waals surface area (Å²) in [6.45, 7) is 1.91. The number of carbonyl (C=O) groups is 1. The number of halogens is 2. The summed E-state index contributed by atoms with van der Waals surface area (Å²) in [5.41, 5.74) is 2.47. The molecule has 2 rings (SSSR count). The molecule has 0 unspecified atom stereocenters. The lowest BCUT2D eigenvalue weighted by molar-refractivity contribution is -0.136. The Balaban J connectivity index is 2.50. The molecule has 1 N–H and O–H groups in total. The molecule has 0 aliphatic heterocycles. The van der Waals surface area contributed by atoms with Gasteiger partial charge in [0.05, 0.1) is 5.52 Å². The number of aryl methyl sites for hydroxylation is 2. The number of hydrogen-bond acceptors (Lipinski definition) is 2. The van der Waals surface area contributed by atoms with Crippen molar-refractivity contribution in [1.82, 2.24) is 4.98 Å². The molecule has 2 aromatic rings. The quantitative estimate of drug-likeness (QED) is 0.870. The SMILES string of the molecule is Cc1cc(Cl)cc2cc(CCC(=O)O)c(Cl)nc12. The third-order valence-corrected chi connectivity index (χ3v) is 3.25. The van der Waals surface area contributed by atoms with Crippen molar-refractivity contribution in [3.63, 3.8) is 0 Å². The largest absolute Gasteiger partial charge is 0.481 e. The highest BCUT2D eigenvalue weighted by atomic mass is 35.5. The maximum Gasteiger partial charge on any atom is 0.303 e. The molecule has 5 heteroatoms. The minimum atomic E-state index is -0.853. The van der Waals surface area contributed by atoms with Crippen LogP contribution in [0, 0.1) is 6.92 Å². The third-order valence-electron chi connectivity index (χ3n) is 2.71. The molecule has 1 aromatic carbocycles. The van der Waals surface area contributed by atoms with Crippen molar-refractivity contribution in [3.8, 4) is 0 Å². The molecule has 94 valence electrons. The van der Waals surface area contributed by atoms with Gasteiger partial charge in [0.2, 0.25) is 0 Å². The van der Waals surface area contributed by atoms with E-state index < -0.39 is 5.97 Å². The smallest absolute Gasteiger partial charge is 0.303 e. The Kier molecular flexibility index (Phi) is 3.73. The van der Waals surface area contributed by atoms with E-state index in [4.69, 9.17) is 28.3 Å². The predicted octanol–water partition coefficient (Wildman–Crippen LogP) is 3.87. The minimum Gasteiger partial charge on any atom is -0.481 e. The molecule has 0 aliphatic rings. The van der Waals surface area contributed by atoms with Crippen molar-refractivity contribution >= 4 is 40.1 Å². The Hall–Kier alpha value is -1.32. The first-order chi connectivity index (χ1) is 8.47. The van der Waals surface area contributed by atoms with Crippen LogP contribution in [-0.4, -0.2) is 16.1 Å². The summed E-state index contributed by atoms with van der Waals surface area (Å²) in [4.78, 5) is 14.9. The number of carboxylic acids is 1. The number of fused-ring (bicyclic) bond motifs is 1. The Morgan fingerprint density at radius 3 is 2.72 bits per heavy atom. The van der Waals surface area contributed by atoms with Crippen molar-refractivity contribution in [2.45, 2.75) is 19.8 Å². The molecule has 0 amide bonds. The molecule has 1 heterocycles. The van der Waals surface area contributed by atoms with Crippen LogP contribution in [0.25, 0.3) is 10.9 Å². The standard InChI is InChI=1S/C13H11Cl2NO2/c1-7-4-10(14)6-9-5-8(2-3-11(17)18)13(15)16-12(7)9/h4-6H,2-3H2,1H3,(H,17,18). The Morgan fingerprint density at radius 2 is 2.06 bits per heavy atom. The lowest BCUT2D eigenvalue weighted by atomic mass is 10.1. The van der Waals surface area contributed by atoms with Gasteiger partial charge in [0.15, 0.2) is 0 Å². The van der Waals surface area contributed by atoms with Crippen LogP contribution in [0.5, 0.6) is 0 Å². The summed E-state index contributed by atoms with van der Waals surface area (Å²) < 4.78 is 0. The van der Waals surface area contributed by atoms with E-state index in [1.165, 1.54) is 0 Å². The highest BCUT2D eigenvalue weighted by Crippen LogP contribution is 2.26. The van der Waals surface area contributed by atoms with E-state index in [0.717, 1.165) is 22.0 Å². The molecular weight excluding hydrogens is 273 g/mol. The summed E-state index contributed by atoms with van der Waals surface area (Å²) in [5.74, 6) is -0.853. The van der Waals surface area contributed by atoms with Gasteiger partial charge in [0, 0.05) is 16.8 Å². The van der Waals surface area contributed by atoms with E-state index in [0.29, 0.717) is 16.6 Å². The van der Waals surface area contributed by atoms with Gasteiger partial charge in [0.1, 0.15) is 5.15 Å². The van der Waals surface area contributed by atoms with Gasteiger partial charge in [-0.25, -0.2) is 4.98 Å². The van der Waals surface area contributed by atoms with E-state index in [-0.39, 0.29) is 6.42 Å². The van der Waals surface area contributed by atoms with E-state index in [1.54, 1.807) is 6.07 Å². The maximum absolute atomic E-state index is 10.6. The van der Waals surface area contributed by atoms with Crippen molar-refractivity contribution in [1.29, 1.82) is 0 Å². The third kappa shape index (κ3) is 2.74. The average Bonchev–Trinajstić information content (AvgIpc) is 2.27. The number of nitrogens with zero attached hydrogens (tertiary/aromatic N) is 1. The van der Waals surface area contributed by atoms with Gasteiger partial charge in [-0.15, -0.1) is 0 Å². The predicted molar refractivity (Wildman–Crippen MR) is 72.5 cm³/mol. The molecule has 0 bridgehead atoms. The molecule has 0 radical (unpaired) electrons. The first-order valence-electron chi connectivity index (χ1n) is 5.44. The van der Waals surface area contributed by atoms with Gasteiger partial charge in [-0.1, -0.05) is 23.2 Å². The maximum atomic E-state index is 10.6. The van der Waals surface area contributed by atoms with Crippen LogP contribution in [-0.2, 0) is 11.2 Å². The van der Waals surface area contributed by atoms with Crippen LogP contribution in [0.15, 0.2) is 18.2 Å². The zero-order valence-corrected chi connectivity index (χ0v) is 11.2. The molecule has 3 nitrogen and oxygen atoms in total. The van der Waals surface area contributed by atoms with Gasteiger partial charge in [-0.05, 0) is 42.7 Å². The van der Waals surface area contributed by atoms with Gasteiger partial charge in [-0.3, -0.25) is 4.79 Å². The van der Waals surface area contributed by atoms with E-state index >= 15 is 0 Å². The van der Waals surface area contributed by atoms with Gasteiger partial charge in [0.25, 0.3) is 0 Å². The average molecular weight is 284 g/mol. The first-order valence-corrected chi connectivity index (χ1v) is 6.20.